The molecule has 2 aromatic heterocycles. The second-order valence-electron chi connectivity index (χ2n) is 6.90. The summed E-state index contributed by atoms with van der Waals surface area (Å²) in [6.07, 6.45) is 4.48. The van der Waals surface area contributed by atoms with Gasteiger partial charge < -0.3 is 4.40 Å². The summed E-state index contributed by atoms with van der Waals surface area (Å²) < 4.78 is 13.3. The fraction of sp³-hybridized carbons (Fsp3) is 0.471. The summed E-state index contributed by atoms with van der Waals surface area (Å²) in [6.45, 7) is 5.80. The number of imide groups is 1. The number of nitrogens with two attached hydrogens (primary N) is 1. The summed E-state index contributed by atoms with van der Waals surface area (Å²) in [5.41, 5.74) is 3.02. The maximum Gasteiger partial charge on any atom is 0.331 e. The Bertz CT molecular complexity index is 909. The molecule has 1 aliphatic rings. The number of hydrogen-bond donors (Lipinski definition) is 1. The van der Waals surface area contributed by atoms with E-state index in [0.29, 0.717) is 17.8 Å². The number of hydrogen-bond acceptors (Lipinski definition) is 4. The minimum Gasteiger partial charge on any atom is -0.305 e. The van der Waals surface area contributed by atoms with Crippen LogP contribution in [0.5, 0.6) is 0 Å². The first kappa shape index (κ1) is 18.5. The Balaban J connectivity index is 2.01. The Morgan fingerprint density at radius 2 is 2.00 bits per heavy atom. The Morgan fingerprint density at radius 1 is 1.31 bits per heavy atom. The van der Waals surface area contributed by atoms with E-state index in [9.17, 15) is 13.8 Å². The third-order valence-electron chi connectivity index (χ3n) is 4.75. The van der Waals surface area contributed by atoms with Crippen molar-refractivity contribution in [2.75, 3.05) is 18.5 Å². The van der Waals surface area contributed by atoms with Gasteiger partial charge in [-0.15, -0.1) is 0 Å². The number of carbonyl (C=O) groups is 2. The highest BCUT2D eigenvalue weighted by Gasteiger charge is 2.35. The number of aryl methyl sites for hydroxylation is 1. The zero-order valence-corrected chi connectivity index (χ0v) is 16.1. The summed E-state index contributed by atoms with van der Waals surface area (Å²) >= 11 is 0. The minimum atomic E-state index is -1.38. The molecule has 9 heteroatoms. The van der Waals surface area contributed by atoms with Crippen molar-refractivity contribution in [2.24, 2.45) is 5.14 Å². The van der Waals surface area contributed by atoms with Crippen molar-refractivity contribution < 1.29 is 13.8 Å². The van der Waals surface area contributed by atoms with Gasteiger partial charge in [0.1, 0.15) is 6.54 Å². The molecule has 3 heterocycles. The molecule has 2 unspecified atom stereocenters. The van der Waals surface area contributed by atoms with Crippen molar-refractivity contribution in [3.8, 4) is 0 Å². The molecule has 3 amide bonds. The summed E-state index contributed by atoms with van der Waals surface area (Å²) in [5, 5.41) is 5.33. The zero-order valence-electron chi connectivity index (χ0n) is 15.3. The van der Waals surface area contributed by atoms with E-state index in [1.807, 2.05) is 43.6 Å². The quantitative estimate of drug-likeness (QED) is 0.799. The average molecular weight is 377 g/mol. The molecule has 0 bridgehead atoms. The highest BCUT2D eigenvalue weighted by atomic mass is 32.2. The summed E-state index contributed by atoms with van der Waals surface area (Å²) in [5.74, 6) is -0.182. The third kappa shape index (κ3) is 3.24. The van der Waals surface area contributed by atoms with Gasteiger partial charge in [-0.05, 0) is 31.9 Å². The summed E-state index contributed by atoms with van der Waals surface area (Å²) in [6, 6.07) is 1.51. The highest BCUT2D eigenvalue weighted by molar-refractivity contribution is 7.83. The lowest BCUT2D eigenvalue weighted by atomic mass is 10.0. The van der Waals surface area contributed by atoms with Crippen LogP contribution in [-0.4, -0.2) is 49.3 Å². The molecule has 8 nitrogen and oxygen atoms in total. The number of carbonyl (C=O) groups excluding carboxylic acids is 2. The van der Waals surface area contributed by atoms with E-state index in [1.165, 1.54) is 11.9 Å². The van der Waals surface area contributed by atoms with Crippen molar-refractivity contribution in [3.63, 3.8) is 0 Å². The van der Waals surface area contributed by atoms with Gasteiger partial charge in [0.25, 0.3) is 0 Å². The van der Waals surface area contributed by atoms with Gasteiger partial charge >= 0.3 is 6.03 Å². The largest absolute Gasteiger partial charge is 0.331 e. The number of amides is 3. The first-order valence-electron chi connectivity index (χ1n) is 8.41. The van der Waals surface area contributed by atoms with E-state index >= 15 is 0 Å². The lowest BCUT2D eigenvalue weighted by molar-refractivity contribution is -0.123. The van der Waals surface area contributed by atoms with Crippen LogP contribution in [-0.2, 0) is 15.8 Å². The molecule has 0 saturated carbocycles. The topological polar surface area (TPSA) is 101 Å². The van der Waals surface area contributed by atoms with Gasteiger partial charge in [-0.3, -0.25) is 19.7 Å². The molecule has 1 aliphatic heterocycles. The molecule has 3 atom stereocenters. The lowest BCUT2D eigenvalue weighted by Gasteiger charge is -2.16. The van der Waals surface area contributed by atoms with Gasteiger partial charge in [0.05, 0.1) is 22.4 Å². The lowest BCUT2D eigenvalue weighted by Crippen LogP contribution is -2.30. The van der Waals surface area contributed by atoms with E-state index in [4.69, 9.17) is 10.1 Å². The molecule has 0 aromatic carbocycles. The van der Waals surface area contributed by atoms with E-state index < -0.39 is 11.0 Å². The van der Waals surface area contributed by atoms with E-state index in [1.54, 1.807) is 0 Å². The molecular weight excluding hydrogens is 354 g/mol. The van der Waals surface area contributed by atoms with Crippen LogP contribution >= 0.6 is 0 Å². The monoisotopic (exact) mass is 377 g/mol. The molecule has 0 aliphatic carbocycles. The Kier molecular flexibility index (Phi) is 4.85. The van der Waals surface area contributed by atoms with Crippen LogP contribution in [0.25, 0.3) is 5.65 Å². The Labute approximate surface area is 154 Å². The second-order valence-corrected chi connectivity index (χ2v) is 8.36. The van der Waals surface area contributed by atoms with Crippen molar-refractivity contribution >= 4 is 34.3 Å². The van der Waals surface area contributed by atoms with E-state index in [-0.39, 0.29) is 29.7 Å². The van der Waals surface area contributed by atoms with Crippen LogP contribution < -0.4 is 10.0 Å². The molecular formula is C17H23N5O3S. The first-order chi connectivity index (χ1) is 12.2. The molecule has 26 heavy (non-hydrogen) atoms. The SMILES string of the molecule is Cc1cc(N2CC(=O)N(C)C2=O)c2nc([C@H](C)CC(C)S(N)=O)cn2c1. The van der Waals surface area contributed by atoms with Crippen molar-refractivity contribution in [3.05, 3.63) is 29.7 Å². The number of aromatic nitrogens is 2. The Hall–Kier alpha value is -2.26. The number of urea groups is 1. The Morgan fingerprint density at radius 3 is 2.58 bits per heavy atom. The van der Waals surface area contributed by atoms with Crippen LogP contribution in [0.3, 0.4) is 0 Å². The van der Waals surface area contributed by atoms with Gasteiger partial charge in [-0.2, -0.15) is 0 Å². The maximum atomic E-state index is 12.4. The van der Waals surface area contributed by atoms with Gasteiger partial charge in [-0.1, -0.05) is 6.92 Å². The van der Waals surface area contributed by atoms with E-state index in [0.717, 1.165) is 16.2 Å². The van der Waals surface area contributed by atoms with Crippen LogP contribution in [0, 0.1) is 6.92 Å². The number of rotatable bonds is 5. The molecule has 1 saturated heterocycles. The normalized spacial score (nSPS) is 18.7. The maximum absolute atomic E-state index is 12.4. The van der Waals surface area contributed by atoms with Crippen LogP contribution in [0.4, 0.5) is 10.5 Å². The van der Waals surface area contributed by atoms with E-state index in [2.05, 4.69) is 0 Å². The number of fused-ring (bicyclic) bond motifs is 1. The number of anilines is 1. The van der Waals surface area contributed by atoms with Crippen LogP contribution in [0.15, 0.2) is 18.5 Å². The molecule has 140 valence electrons. The second kappa shape index (κ2) is 6.81. The fourth-order valence-corrected chi connectivity index (χ4v) is 3.65. The van der Waals surface area contributed by atoms with Gasteiger partial charge in [0, 0.05) is 30.6 Å². The third-order valence-corrected chi connectivity index (χ3v) is 5.74. The van der Waals surface area contributed by atoms with Crippen molar-refractivity contribution in [1.82, 2.24) is 14.3 Å². The molecule has 2 N–H and O–H groups in total. The number of nitrogens with zero attached hydrogens (tertiary/aromatic N) is 4. The molecule has 2 aromatic rings. The smallest absolute Gasteiger partial charge is 0.305 e. The molecule has 1 fully saturated rings. The van der Waals surface area contributed by atoms with Crippen molar-refractivity contribution in [2.45, 2.75) is 38.4 Å². The predicted octanol–water partition coefficient (Wildman–Crippen LogP) is 1.55. The number of pyridine rings is 1. The van der Waals surface area contributed by atoms with Crippen molar-refractivity contribution in [1.29, 1.82) is 0 Å². The molecule has 3 rings (SSSR count). The number of likely N-dealkylation sites (N-methyl/N-ethyl adjacent to an activating group) is 1. The number of imidazole rings is 1. The molecule has 0 radical (unpaired) electrons. The predicted molar refractivity (Wildman–Crippen MR) is 100 cm³/mol. The first-order valence-corrected chi connectivity index (χ1v) is 9.69. The van der Waals surface area contributed by atoms with Gasteiger partial charge in [-0.25, -0.2) is 14.0 Å². The minimum absolute atomic E-state index is 0.00931. The standard InChI is InChI=1S/C17H23N5O3S/c1-10-5-14(22-9-15(23)20(4)17(22)24)16-19-13(8-21(16)7-10)11(2)6-12(3)26(18)25/h5,7-8,11-12H,6,9,18H2,1-4H3/t11-,12?,26?/m1/s1. The van der Waals surface area contributed by atoms with Gasteiger partial charge in [0.15, 0.2) is 5.65 Å². The summed E-state index contributed by atoms with van der Waals surface area (Å²) in [4.78, 5) is 31.5. The summed E-state index contributed by atoms with van der Waals surface area (Å²) in [7, 11) is 0.102. The molecule has 0 spiro atoms. The average Bonchev–Trinajstić information content (AvgIpc) is 3.10. The van der Waals surface area contributed by atoms with Gasteiger partial charge in [0.2, 0.25) is 5.91 Å². The highest BCUT2D eigenvalue weighted by Crippen LogP contribution is 2.29. The van der Waals surface area contributed by atoms with Crippen LogP contribution in [0.2, 0.25) is 0 Å². The van der Waals surface area contributed by atoms with Crippen LogP contribution in [0.1, 0.15) is 37.4 Å². The fourth-order valence-electron chi connectivity index (χ4n) is 3.17. The zero-order chi connectivity index (χ0) is 19.2.